The Morgan fingerprint density at radius 3 is 2.14 bits per heavy atom. The number of hydrogen-bond acceptors (Lipinski definition) is 5. The molecule has 2 aliphatic heterocycles. The Balaban J connectivity index is 1.32. The van der Waals surface area contributed by atoms with Crippen LogP contribution in [0.3, 0.4) is 0 Å². The smallest absolute Gasteiger partial charge is 0.326 e. The summed E-state index contributed by atoms with van der Waals surface area (Å²) in [7, 11) is 0. The van der Waals surface area contributed by atoms with Crippen LogP contribution < -0.4 is 10.1 Å². The first-order chi connectivity index (χ1) is 26.5. The maximum Gasteiger partial charge on any atom is 0.326 e. The van der Waals surface area contributed by atoms with E-state index in [2.05, 4.69) is 72.0 Å². The van der Waals surface area contributed by atoms with Crippen LogP contribution in [-0.2, 0) is 27.7 Å². The Hall–Kier alpha value is -4.40. The maximum absolute atomic E-state index is 15.3. The van der Waals surface area contributed by atoms with Crippen LogP contribution in [-0.4, -0.2) is 58.8 Å². The van der Waals surface area contributed by atoms with E-state index in [-0.39, 0.29) is 23.3 Å². The molecule has 0 bridgehead atoms. The summed E-state index contributed by atoms with van der Waals surface area (Å²) in [6.07, 6.45) is 4.47. The van der Waals surface area contributed by atoms with Gasteiger partial charge in [-0.05, 0) is 106 Å². The van der Waals surface area contributed by atoms with Gasteiger partial charge < -0.3 is 15.0 Å². The van der Waals surface area contributed by atoms with Crippen LogP contribution in [0.15, 0.2) is 84.0 Å². The molecule has 3 amide bonds. The molecule has 10 heteroatoms. The van der Waals surface area contributed by atoms with Gasteiger partial charge in [-0.3, -0.25) is 19.7 Å². The van der Waals surface area contributed by atoms with Gasteiger partial charge in [0, 0.05) is 59.5 Å². The zero-order valence-corrected chi connectivity index (χ0v) is 35.5. The van der Waals surface area contributed by atoms with Crippen LogP contribution in [0, 0.1) is 19.8 Å². The summed E-state index contributed by atoms with van der Waals surface area (Å²) in [6, 6.07) is 23.6. The van der Waals surface area contributed by atoms with E-state index in [1.807, 2.05) is 71.3 Å². The number of carbonyl (C=O) groups is 2. The molecule has 1 N–H and O–H groups in total. The number of nitrogens with zero attached hydrogens (tertiary/aromatic N) is 4. The van der Waals surface area contributed by atoms with Gasteiger partial charge in [0.15, 0.2) is 0 Å². The zero-order chi connectivity index (χ0) is 40.4. The topological polar surface area (TPSA) is 87.1 Å². The number of amidine groups is 1. The summed E-state index contributed by atoms with van der Waals surface area (Å²) in [5, 5.41) is 4.35. The number of ether oxygens (including phenoxy) is 1. The average molecular weight is 797 g/mol. The monoisotopic (exact) mass is 795 g/mol. The van der Waals surface area contributed by atoms with Crippen LogP contribution in [0.25, 0.3) is 0 Å². The Morgan fingerprint density at radius 2 is 1.54 bits per heavy atom. The summed E-state index contributed by atoms with van der Waals surface area (Å²) in [5.74, 6) is 1.32. The fourth-order valence-electron chi connectivity index (χ4n) is 8.07. The van der Waals surface area contributed by atoms with E-state index in [0.29, 0.717) is 72.7 Å². The Bertz CT molecular complexity index is 2090. The van der Waals surface area contributed by atoms with E-state index in [0.717, 1.165) is 23.2 Å². The van der Waals surface area contributed by atoms with Crippen molar-refractivity contribution < 1.29 is 14.3 Å². The largest absolute Gasteiger partial charge is 0.493 e. The average Bonchev–Trinajstić information content (AvgIpc) is 3.40. The molecule has 1 saturated heterocycles. The number of carbonyl (C=O) groups excluding carboxylic acids is 2. The molecule has 0 aliphatic carbocycles. The Kier molecular flexibility index (Phi) is 12.2. The summed E-state index contributed by atoms with van der Waals surface area (Å²) < 4.78 is 6.31. The SMILES string of the molecule is CCOc1cc(C(C)(C)C)ncc1C1=N[C@@](C)(c2ccc(Cl)cc2)[C@@](C)(c2ccc(Cl)cc2)N1C(=O)N1CCC(CC(=O)NCCc2cc(C)ccc2C)CC1. The van der Waals surface area contributed by atoms with Crippen molar-refractivity contribution >= 4 is 41.0 Å². The van der Waals surface area contributed by atoms with E-state index in [9.17, 15) is 4.79 Å². The van der Waals surface area contributed by atoms with Crippen molar-refractivity contribution in [1.82, 2.24) is 20.1 Å². The van der Waals surface area contributed by atoms with Crippen LogP contribution in [0.2, 0.25) is 10.0 Å². The first-order valence-electron chi connectivity index (χ1n) is 19.7. The normalized spacial score (nSPS) is 20.2. The number of halogens is 2. The molecule has 8 nitrogen and oxygen atoms in total. The zero-order valence-electron chi connectivity index (χ0n) is 34.0. The number of piperidine rings is 1. The van der Waals surface area contributed by atoms with Crippen molar-refractivity contribution in [2.24, 2.45) is 10.9 Å². The molecule has 4 aromatic rings. The third kappa shape index (κ3) is 8.33. The van der Waals surface area contributed by atoms with Crippen molar-refractivity contribution in [2.45, 2.75) is 97.6 Å². The van der Waals surface area contributed by atoms with Crippen molar-refractivity contribution in [2.75, 3.05) is 26.2 Å². The van der Waals surface area contributed by atoms with E-state index in [1.54, 1.807) is 6.20 Å². The summed E-state index contributed by atoms with van der Waals surface area (Å²) in [4.78, 5) is 42.6. The van der Waals surface area contributed by atoms with Gasteiger partial charge in [-0.15, -0.1) is 0 Å². The standard InChI is InChI=1S/C46H55Cl2N5O3/c1-9-56-39-28-40(44(4,5)6)50-29-38(39)42-51-45(7,34-12-16-36(47)17-13-34)46(8,35-14-18-37(48)19-15-35)53(42)43(55)52-24-21-32(22-25-52)27-41(54)49-23-20-33-26-30(2)10-11-31(33)3/h10-19,26,28-29,32H,9,20-25,27H2,1-8H3,(H,49,54)/t45-,46+/m0/s1. The third-order valence-corrected chi connectivity index (χ3v) is 12.2. The van der Waals surface area contributed by atoms with Gasteiger partial charge >= 0.3 is 6.03 Å². The highest BCUT2D eigenvalue weighted by Gasteiger charge is 2.60. The van der Waals surface area contributed by atoms with E-state index >= 15 is 4.79 Å². The van der Waals surface area contributed by atoms with Crippen molar-refractivity contribution in [3.8, 4) is 5.75 Å². The molecule has 0 spiro atoms. The second kappa shape index (κ2) is 16.6. The molecule has 3 aromatic carbocycles. The Morgan fingerprint density at radius 1 is 0.911 bits per heavy atom. The third-order valence-electron chi connectivity index (χ3n) is 11.7. The molecule has 56 heavy (non-hydrogen) atoms. The molecule has 1 aromatic heterocycles. The lowest BCUT2D eigenvalue weighted by Crippen LogP contribution is -2.59. The predicted octanol–water partition coefficient (Wildman–Crippen LogP) is 10.2. The van der Waals surface area contributed by atoms with Crippen molar-refractivity contribution in [3.05, 3.63) is 128 Å². The van der Waals surface area contributed by atoms with E-state index < -0.39 is 11.1 Å². The minimum absolute atomic E-state index is 0.0535. The van der Waals surface area contributed by atoms with Gasteiger partial charge in [0.2, 0.25) is 5.91 Å². The number of benzene rings is 3. The van der Waals surface area contributed by atoms with Gasteiger partial charge in [-0.2, -0.15) is 0 Å². The van der Waals surface area contributed by atoms with E-state index in [1.165, 1.54) is 16.7 Å². The summed E-state index contributed by atoms with van der Waals surface area (Å²) >= 11 is 12.9. The number of hydrogen-bond donors (Lipinski definition) is 1. The number of rotatable bonds is 10. The van der Waals surface area contributed by atoms with Gasteiger partial charge in [-0.1, -0.05) is 92.0 Å². The second-order valence-corrected chi connectivity index (χ2v) is 17.5. The quantitative estimate of drug-likeness (QED) is 0.173. The highest BCUT2D eigenvalue weighted by molar-refractivity contribution is 6.30. The lowest BCUT2D eigenvalue weighted by Gasteiger charge is -2.47. The fourth-order valence-corrected chi connectivity index (χ4v) is 8.32. The minimum Gasteiger partial charge on any atom is -0.493 e. The molecule has 2 aliphatic rings. The number of amides is 3. The number of urea groups is 1. The molecule has 1 fully saturated rings. The molecule has 2 atom stereocenters. The Labute approximate surface area is 342 Å². The molecular weight excluding hydrogens is 741 g/mol. The van der Waals surface area contributed by atoms with Gasteiger partial charge in [0.05, 0.1) is 12.2 Å². The molecule has 0 unspecified atom stereocenters. The van der Waals surface area contributed by atoms with Crippen molar-refractivity contribution in [1.29, 1.82) is 0 Å². The minimum atomic E-state index is -1.03. The summed E-state index contributed by atoms with van der Waals surface area (Å²) in [6.45, 7) is 18.7. The highest BCUT2D eigenvalue weighted by atomic mass is 35.5. The van der Waals surface area contributed by atoms with Gasteiger partial charge in [-0.25, -0.2) is 4.79 Å². The molecule has 0 saturated carbocycles. The van der Waals surface area contributed by atoms with Gasteiger partial charge in [0.1, 0.15) is 22.7 Å². The number of nitrogens with one attached hydrogen (secondary N) is 1. The lowest BCUT2D eigenvalue weighted by molar-refractivity contribution is -0.122. The van der Waals surface area contributed by atoms with Crippen molar-refractivity contribution in [3.63, 3.8) is 0 Å². The number of aryl methyl sites for hydroxylation is 2. The number of aromatic nitrogens is 1. The number of aliphatic imine (C=N–C) groups is 1. The number of likely N-dealkylation sites (tertiary alicyclic amines) is 1. The summed E-state index contributed by atoms with van der Waals surface area (Å²) in [5.41, 5.74) is 4.76. The van der Waals surface area contributed by atoms with E-state index in [4.69, 9.17) is 37.9 Å². The maximum atomic E-state index is 15.3. The highest BCUT2D eigenvalue weighted by Crippen LogP contribution is 2.54. The number of pyridine rings is 1. The fraction of sp³-hybridized carbons (Fsp3) is 0.435. The molecule has 3 heterocycles. The second-order valence-electron chi connectivity index (χ2n) is 16.6. The van der Waals surface area contributed by atoms with Crippen LogP contribution in [0.4, 0.5) is 4.79 Å². The van der Waals surface area contributed by atoms with Crippen LogP contribution >= 0.6 is 23.2 Å². The molecule has 0 radical (unpaired) electrons. The first-order valence-corrected chi connectivity index (χ1v) is 20.5. The molecular formula is C46H55Cl2N5O3. The first kappa shape index (κ1) is 41.2. The predicted molar refractivity (Wildman–Crippen MR) is 227 cm³/mol. The molecule has 296 valence electrons. The van der Waals surface area contributed by atoms with Gasteiger partial charge in [0.25, 0.3) is 0 Å². The lowest BCUT2D eigenvalue weighted by atomic mass is 9.71. The van der Waals surface area contributed by atoms with Crippen LogP contribution in [0.5, 0.6) is 5.75 Å². The molecule has 6 rings (SSSR count). The van der Waals surface area contributed by atoms with Crippen LogP contribution in [0.1, 0.15) is 99.9 Å².